The summed E-state index contributed by atoms with van der Waals surface area (Å²) in [6.45, 7) is 3.68. The van der Waals surface area contributed by atoms with Crippen molar-refractivity contribution < 1.29 is 52.8 Å². The van der Waals surface area contributed by atoms with Gasteiger partial charge >= 0.3 is 0 Å². The van der Waals surface area contributed by atoms with E-state index in [1.807, 2.05) is 0 Å². The van der Waals surface area contributed by atoms with Crippen LogP contribution in [0.4, 0.5) is 0 Å². The molecule has 2 aromatic rings. The molecule has 49 heavy (non-hydrogen) atoms. The van der Waals surface area contributed by atoms with E-state index in [9.17, 15) is 10.2 Å². The Labute approximate surface area is 288 Å². The molecule has 0 heterocycles. The minimum Gasteiger partial charge on any atom is -0.496 e. The minimum atomic E-state index is -0.151. The molecular weight excluding hydrogens is 632 g/mol. The molecule has 0 saturated heterocycles. The van der Waals surface area contributed by atoms with Crippen molar-refractivity contribution in [2.45, 2.75) is 62.9 Å². The maximum absolute atomic E-state index is 10.2. The van der Waals surface area contributed by atoms with E-state index in [-0.39, 0.29) is 13.2 Å². The fraction of sp³-hybridized carbons (Fsp3) is 0.579. The molecular formula is C38H50O11. The van der Waals surface area contributed by atoms with Gasteiger partial charge in [0, 0.05) is 68.2 Å². The molecule has 2 N–H and O–H groups in total. The van der Waals surface area contributed by atoms with Crippen LogP contribution in [0.15, 0.2) is 24.3 Å². The molecule has 11 nitrogen and oxygen atoms in total. The fourth-order valence-electron chi connectivity index (χ4n) is 8.11. The minimum absolute atomic E-state index is 0.151. The van der Waals surface area contributed by atoms with Crippen molar-refractivity contribution in [1.82, 2.24) is 0 Å². The van der Waals surface area contributed by atoms with Crippen LogP contribution < -0.4 is 18.9 Å². The lowest BCUT2D eigenvalue weighted by atomic mass is 9.89. The molecule has 0 spiro atoms. The highest BCUT2D eigenvalue weighted by Crippen LogP contribution is 2.59. The molecule has 0 aliphatic heterocycles. The van der Waals surface area contributed by atoms with Crippen molar-refractivity contribution in [2.75, 3.05) is 81.3 Å². The van der Waals surface area contributed by atoms with Gasteiger partial charge in [-0.25, -0.2) is 0 Å². The molecule has 0 aromatic heterocycles. The number of rotatable bonds is 22. The van der Waals surface area contributed by atoms with Gasteiger partial charge in [-0.15, -0.1) is 0 Å². The van der Waals surface area contributed by atoms with Crippen LogP contribution >= 0.6 is 0 Å². The predicted molar refractivity (Wildman–Crippen MR) is 181 cm³/mol. The molecule has 4 bridgehead atoms. The van der Waals surface area contributed by atoms with Gasteiger partial charge in [0.05, 0.1) is 108 Å². The second-order valence-electron chi connectivity index (χ2n) is 12.6. The lowest BCUT2D eigenvalue weighted by Gasteiger charge is -2.24. The predicted octanol–water partition coefficient (Wildman–Crippen LogP) is 4.77. The summed E-state index contributed by atoms with van der Waals surface area (Å²) in [6.07, 6.45) is 10.9. The van der Waals surface area contributed by atoms with Crippen molar-refractivity contribution in [3.8, 4) is 23.0 Å². The molecule has 4 aliphatic rings. The summed E-state index contributed by atoms with van der Waals surface area (Å²) in [7, 11) is 6.65. The monoisotopic (exact) mass is 682 g/mol. The van der Waals surface area contributed by atoms with E-state index in [0.29, 0.717) is 89.7 Å². The van der Waals surface area contributed by atoms with Crippen LogP contribution in [-0.2, 0) is 50.1 Å². The zero-order valence-corrected chi connectivity index (χ0v) is 29.1. The van der Waals surface area contributed by atoms with Crippen LogP contribution in [0.5, 0.6) is 23.0 Å². The maximum atomic E-state index is 10.2. The molecule has 0 saturated carbocycles. The first-order valence-corrected chi connectivity index (χ1v) is 17.2. The number of aliphatic hydroxyl groups excluding tert-OH is 2. The second kappa shape index (κ2) is 16.7. The van der Waals surface area contributed by atoms with Crippen molar-refractivity contribution in [2.24, 2.45) is 0 Å². The molecule has 0 fully saturated rings. The Morgan fingerprint density at radius 3 is 0.959 bits per heavy atom. The van der Waals surface area contributed by atoms with Gasteiger partial charge in [0.15, 0.2) is 0 Å². The van der Waals surface area contributed by atoms with E-state index in [1.165, 1.54) is 0 Å². The number of aliphatic hydroxyl groups is 2. The smallest absolute Gasteiger partial charge is 0.129 e. The van der Waals surface area contributed by atoms with Crippen LogP contribution in [0.2, 0.25) is 0 Å². The summed E-state index contributed by atoms with van der Waals surface area (Å²) in [5.41, 5.74) is 7.70. The Balaban J connectivity index is 0.846. The van der Waals surface area contributed by atoms with Crippen LogP contribution in [0.25, 0.3) is 0 Å². The highest BCUT2D eigenvalue weighted by molar-refractivity contribution is 5.68. The first-order valence-electron chi connectivity index (χ1n) is 17.2. The third kappa shape index (κ3) is 6.95. The molecule has 268 valence electrons. The van der Waals surface area contributed by atoms with E-state index in [0.717, 1.165) is 80.3 Å². The highest BCUT2D eigenvalue weighted by Gasteiger charge is 2.42. The molecule has 2 aromatic carbocycles. The van der Waals surface area contributed by atoms with Gasteiger partial charge in [-0.3, -0.25) is 0 Å². The molecule has 4 atom stereocenters. The Hall–Kier alpha value is -3.16. The Morgan fingerprint density at radius 1 is 0.429 bits per heavy atom. The van der Waals surface area contributed by atoms with E-state index in [1.54, 1.807) is 28.4 Å². The second-order valence-corrected chi connectivity index (χ2v) is 12.6. The molecule has 0 amide bonds. The summed E-state index contributed by atoms with van der Waals surface area (Å²) < 4.78 is 52.1. The number of benzene rings is 2. The molecule has 4 unspecified atom stereocenters. The Morgan fingerprint density at radius 2 is 0.694 bits per heavy atom. The number of fused-ring (bicyclic) bond motifs is 10. The van der Waals surface area contributed by atoms with Crippen LogP contribution in [0.3, 0.4) is 0 Å². The number of ether oxygens (including phenoxy) is 9. The zero-order chi connectivity index (χ0) is 34.3. The lowest BCUT2D eigenvalue weighted by molar-refractivity contribution is -0.0141. The van der Waals surface area contributed by atoms with E-state index in [4.69, 9.17) is 42.6 Å². The summed E-state index contributed by atoms with van der Waals surface area (Å²) >= 11 is 0. The van der Waals surface area contributed by atoms with Gasteiger partial charge in [-0.1, -0.05) is 24.3 Å². The molecule has 11 heteroatoms. The van der Waals surface area contributed by atoms with Gasteiger partial charge in [-0.05, 0) is 12.8 Å². The number of allylic oxidation sites excluding steroid dienone is 4. The van der Waals surface area contributed by atoms with Crippen LogP contribution in [0.1, 0.15) is 81.0 Å². The van der Waals surface area contributed by atoms with E-state index >= 15 is 0 Å². The third-order valence-corrected chi connectivity index (χ3v) is 10.1. The van der Waals surface area contributed by atoms with Gasteiger partial charge in [0.1, 0.15) is 23.0 Å². The standard InChI is InChI=1S/C38H50O11/c1-41-35-27(19-39)29(37(43-3)33-25-7-5-23(17-25)31(33)35)21-48-15-13-46-11-9-45-10-12-47-14-16-49-22-30-28(20-40)36(42-2)32-24-6-8-26(18-24)34(32)38(30)44-4/h5-8,23-26,39-40H,9-22H2,1-4H3. The normalized spacial score (nSPS) is 20.7. The molecule has 6 rings (SSSR count). The summed E-state index contributed by atoms with van der Waals surface area (Å²) in [5.74, 6) is 4.29. The zero-order valence-electron chi connectivity index (χ0n) is 29.1. The number of methoxy groups -OCH3 is 4. The van der Waals surface area contributed by atoms with Gasteiger partial charge in [-0.2, -0.15) is 0 Å². The van der Waals surface area contributed by atoms with E-state index in [2.05, 4.69) is 24.3 Å². The third-order valence-electron chi connectivity index (χ3n) is 10.1. The Bertz CT molecular complexity index is 1400. The fourth-order valence-corrected chi connectivity index (χ4v) is 8.11. The largest absolute Gasteiger partial charge is 0.496 e. The maximum Gasteiger partial charge on any atom is 0.129 e. The summed E-state index contributed by atoms with van der Waals surface area (Å²) in [4.78, 5) is 0. The average Bonchev–Trinajstić information content (AvgIpc) is 3.94. The summed E-state index contributed by atoms with van der Waals surface area (Å²) in [6, 6.07) is 0. The van der Waals surface area contributed by atoms with Crippen molar-refractivity contribution in [3.63, 3.8) is 0 Å². The number of hydrogen-bond donors (Lipinski definition) is 2. The molecule has 0 radical (unpaired) electrons. The lowest BCUT2D eigenvalue weighted by Crippen LogP contribution is -2.14. The van der Waals surface area contributed by atoms with Gasteiger partial charge < -0.3 is 52.8 Å². The van der Waals surface area contributed by atoms with Gasteiger partial charge in [0.2, 0.25) is 0 Å². The molecule has 4 aliphatic carbocycles. The number of hydrogen-bond acceptors (Lipinski definition) is 11. The first-order chi connectivity index (χ1) is 24.1. The SMILES string of the molecule is COc1c(CO)c(COCCOCCOCCOCCOCc2c(CO)c(OC)c3c(c2OC)C2C=CC3C2)c(OC)c2c1C1C=CC2C1. The van der Waals surface area contributed by atoms with Crippen molar-refractivity contribution in [1.29, 1.82) is 0 Å². The van der Waals surface area contributed by atoms with Crippen molar-refractivity contribution >= 4 is 0 Å². The van der Waals surface area contributed by atoms with E-state index < -0.39 is 0 Å². The Kier molecular flexibility index (Phi) is 12.2. The van der Waals surface area contributed by atoms with Crippen LogP contribution in [0, 0.1) is 0 Å². The average molecular weight is 683 g/mol. The van der Waals surface area contributed by atoms with Gasteiger partial charge in [0.25, 0.3) is 0 Å². The quantitative estimate of drug-likeness (QED) is 0.132. The van der Waals surface area contributed by atoms with Crippen molar-refractivity contribution in [3.05, 3.63) is 68.8 Å². The van der Waals surface area contributed by atoms with Crippen LogP contribution in [-0.4, -0.2) is 91.5 Å². The highest BCUT2D eigenvalue weighted by atomic mass is 16.6. The summed E-state index contributed by atoms with van der Waals surface area (Å²) in [5, 5.41) is 20.4. The first kappa shape index (κ1) is 35.7. The topological polar surface area (TPSA) is 124 Å².